The van der Waals surface area contributed by atoms with Gasteiger partial charge in [-0.15, -0.1) is 0 Å². The molecule has 1 aromatic rings. The molecule has 19 heavy (non-hydrogen) atoms. The smallest absolute Gasteiger partial charge is 0.255 e. The van der Waals surface area contributed by atoms with Crippen LogP contribution in [0.15, 0.2) is 12.1 Å². The standard InChI is InChI=1S/C15H23NO3/c1-9(2)11-8-12(10(3)7-13(11)19-6)16-14(17)15(4,5)18/h7-9,18H,1-6H3,(H,16,17). The van der Waals surface area contributed by atoms with Crippen LogP contribution >= 0.6 is 0 Å². The van der Waals surface area contributed by atoms with Crippen molar-refractivity contribution in [3.8, 4) is 5.75 Å². The third-order valence-electron chi connectivity index (χ3n) is 3.00. The highest BCUT2D eigenvalue weighted by molar-refractivity contribution is 5.97. The molecule has 106 valence electrons. The average molecular weight is 265 g/mol. The van der Waals surface area contributed by atoms with E-state index in [-0.39, 0.29) is 5.92 Å². The monoisotopic (exact) mass is 265 g/mol. The fourth-order valence-electron chi connectivity index (χ4n) is 1.74. The lowest BCUT2D eigenvalue weighted by Gasteiger charge is -2.20. The Morgan fingerprint density at radius 3 is 2.37 bits per heavy atom. The molecule has 0 saturated heterocycles. The molecule has 0 aromatic heterocycles. The number of carbonyl (C=O) groups excluding carboxylic acids is 1. The minimum atomic E-state index is -1.40. The van der Waals surface area contributed by atoms with E-state index in [1.54, 1.807) is 7.11 Å². The van der Waals surface area contributed by atoms with E-state index >= 15 is 0 Å². The molecule has 0 unspecified atom stereocenters. The number of anilines is 1. The molecule has 2 N–H and O–H groups in total. The molecular formula is C15H23NO3. The number of rotatable bonds is 4. The van der Waals surface area contributed by atoms with Crippen LogP contribution in [0.4, 0.5) is 5.69 Å². The van der Waals surface area contributed by atoms with Gasteiger partial charge in [0, 0.05) is 5.69 Å². The normalized spacial score (nSPS) is 11.6. The number of amides is 1. The largest absolute Gasteiger partial charge is 0.496 e. The fraction of sp³-hybridized carbons (Fsp3) is 0.533. The Hall–Kier alpha value is -1.55. The zero-order valence-corrected chi connectivity index (χ0v) is 12.5. The lowest BCUT2D eigenvalue weighted by Crippen LogP contribution is -2.36. The molecule has 0 heterocycles. The van der Waals surface area contributed by atoms with Crippen LogP contribution in [0.3, 0.4) is 0 Å². The molecule has 0 radical (unpaired) electrons. The Morgan fingerprint density at radius 2 is 1.95 bits per heavy atom. The number of nitrogens with one attached hydrogen (secondary N) is 1. The quantitative estimate of drug-likeness (QED) is 0.880. The van der Waals surface area contributed by atoms with E-state index in [0.29, 0.717) is 5.69 Å². The van der Waals surface area contributed by atoms with Crippen molar-refractivity contribution < 1.29 is 14.6 Å². The number of ether oxygens (including phenoxy) is 1. The number of aryl methyl sites for hydroxylation is 1. The summed E-state index contributed by atoms with van der Waals surface area (Å²) in [6.45, 7) is 8.95. The van der Waals surface area contributed by atoms with Gasteiger partial charge >= 0.3 is 0 Å². The Balaban J connectivity index is 3.16. The van der Waals surface area contributed by atoms with E-state index in [1.165, 1.54) is 13.8 Å². The molecule has 0 aliphatic heterocycles. The van der Waals surface area contributed by atoms with Gasteiger partial charge in [-0.1, -0.05) is 13.8 Å². The summed E-state index contributed by atoms with van der Waals surface area (Å²) in [6, 6.07) is 3.80. The summed E-state index contributed by atoms with van der Waals surface area (Å²) in [6.07, 6.45) is 0. The number of hydrogen-bond donors (Lipinski definition) is 2. The maximum absolute atomic E-state index is 11.8. The highest BCUT2D eigenvalue weighted by Crippen LogP contribution is 2.32. The van der Waals surface area contributed by atoms with Gasteiger partial charge in [0.25, 0.3) is 5.91 Å². The summed E-state index contributed by atoms with van der Waals surface area (Å²) in [7, 11) is 1.63. The fourth-order valence-corrected chi connectivity index (χ4v) is 1.74. The second kappa shape index (κ2) is 5.61. The van der Waals surface area contributed by atoms with Crippen LogP contribution in [0.25, 0.3) is 0 Å². The summed E-state index contributed by atoms with van der Waals surface area (Å²) in [4.78, 5) is 11.8. The van der Waals surface area contributed by atoms with Gasteiger partial charge in [-0.25, -0.2) is 0 Å². The minimum Gasteiger partial charge on any atom is -0.496 e. The second-order valence-corrected chi connectivity index (χ2v) is 5.58. The molecule has 0 saturated carbocycles. The summed E-state index contributed by atoms with van der Waals surface area (Å²) < 4.78 is 5.35. The van der Waals surface area contributed by atoms with Crippen LogP contribution in [-0.4, -0.2) is 23.7 Å². The van der Waals surface area contributed by atoms with E-state index in [2.05, 4.69) is 19.2 Å². The van der Waals surface area contributed by atoms with Gasteiger partial charge in [-0.2, -0.15) is 0 Å². The number of carbonyl (C=O) groups is 1. The topological polar surface area (TPSA) is 58.6 Å². The van der Waals surface area contributed by atoms with Crippen LogP contribution in [0, 0.1) is 6.92 Å². The van der Waals surface area contributed by atoms with Crippen LogP contribution in [0.1, 0.15) is 44.7 Å². The Kier molecular flexibility index (Phi) is 4.58. The number of benzene rings is 1. The first-order chi connectivity index (χ1) is 8.66. The summed E-state index contributed by atoms with van der Waals surface area (Å²) in [5.74, 6) is 0.678. The predicted molar refractivity (Wildman–Crippen MR) is 76.7 cm³/mol. The summed E-state index contributed by atoms with van der Waals surface area (Å²) >= 11 is 0. The first kappa shape index (κ1) is 15.5. The SMILES string of the molecule is COc1cc(C)c(NC(=O)C(C)(C)O)cc1C(C)C. The number of hydrogen-bond acceptors (Lipinski definition) is 3. The van der Waals surface area contributed by atoms with Crippen LogP contribution in [0.2, 0.25) is 0 Å². The molecule has 1 aromatic carbocycles. The predicted octanol–water partition coefficient (Wildman–Crippen LogP) is 2.84. The molecule has 4 heteroatoms. The summed E-state index contributed by atoms with van der Waals surface area (Å²) in [5, 5.41) is 12.4. The summed E-state index contributed by atoms with van der Waals surface area (Å²) in [5.41, 5.74) is 1.24. The van der Waals surface area contributed by atoms with E-state index in [9.17, 15) is 9.90 Å². The van der Waals surface area contributed by atoms with Crippen molar-refractivity contribution in [3.63, 3.8) is 0 Å². The van der Waals surface area contributed by atoms with Gasteiger partial charge in [0.1, 0.15) is 11.4 Å². The molecule has 0 bridgehead atoms. The molecule has 0 atom stereocenters. The van der Waals surface area contributed by atoms with Crippen molar-refractivity contribution in [1.29, 1.82) is 0 Å². The molecule has 0 fully saturated rings. The highest BCUT2D eigenvalue weighted by Gasteiger charge is 2.24. The van der Waals surface area contributed by atoms with Gasteiger partial charge in [0.05, 0.1) is 7.11 Å². The maximum Gasteiger partial charge on any atom is 0.255 e. The number of methoxy groups -OCH3 is 1. The first-order valence-corrected chi connectivity index (χ1v) is 6.39. The van der Waals surface area contributed by atoms with Crippen molar-refractivity contribution in [2.24, 2.45) is 0 Å². The lowest BCUT2D eigenvalue weighted by atomic mass is 9.98. The van der Waals surface area contributed by atoms with Crippen LogP contribution in [-0.2, 0) is 4.79 Å². The maximum atomic E-state index is 11.8. The van der Waals surface area contributed by atoms with Gasteiger partial charge < -0.3 is 15.2 Å². The van der Waals surface area contributed by atoms with Crippen molar-refractivity contribution in [3.05, 3.63) is 23.3 Å². The zero-order valence-electron chi connectivity index (χ0n) is 12.5. The molecule has 1 amide bonds. The van der Waals surface area contributed by atoms with Crippen molar-refractivity contribution in [2.75, 3.05) is 12.4 Å². The van der Waals surface area contributed by atoms with E-state index in [4.69, 9.17) is 4.74 Å². The van der Waals surface area contributed by atoms with Crippen LogP contribution < -0.4 is 10.1 Å². The molecule has 4 nitrogen and oxygen atoms in total. The molecular weight excluding hydrogens is 242 g/mol. The average Bonchev–Trinajstić information content (AvgIpc) is 2.29. The Morgan fingerprint density at radius 1 is 1.37 bits per heavy atom. The molecule has 0 aliphatic rings. The Labute approximate surface area is 114 Å². The van der Waals surface area contributed by atoms with E-state index in [0.717, 1.165) is 16.9 Å². The van der Waals surface area contributed by atoms with Gasteiger partial charge in [0.2, 0.25) is 0 Å². The van der Waals surface area contributed by atoms with Crippen molar-refractivity contribution >= 4 is 11.6 Å². The molecule has 1 rings (SSSR count). The third-order valence-corrected chi connectivity index (χ3v) is 3.00. The minimum absolute atomic E-state index is 0.285. The molecule has 0 aliphatic carbocycles. The highest BCUT2D eigenvalue weighted by atomic mass is 16.5. The number of aliphatic hydroxyl groups is 1. The molecule has 0 spiro atoms. The third kappa shape index (κ3) is 3.70. The van der Waals surface area contributed by atoms with Gasteiger partial charge in [-0.05, 0) is 49.9 Å². The van der Waals surface area contributed by atoms with Crippen LogP contribution in [0.5, 0.6) is 5.75 Å². The lowest BCUT2D eigenvalue weighted by molar-refractivity contribution is -0.130. The zero-order chi connectivity index (χ0) is 14.8. The van der Waals surface area contributed by atoms with Crippen molar-refractivity contribution in [1.82, 2.24) is 0 Å². The first-order valence-electron chi connectivity index (χ1n) is 6.39. The van der Waals surface area contributed by atoms with E-state index in [1.807, 2.05) is 19.1 Å². The van der Waals surface area contributed by atoms with Crippen molar-refractivity contribution in [2.45, 2.75) is 46.1 Å². The second-order valence-electron chi connectivity index (χ2n) is 5.58. The van der Waals surface area contributed by atoms with Gasteiger partial charge in [-0.3, -0.25) is 4.79 Å². The van der Waals surface area contributed by atoms with Gasteiger partial charge in [0.15, 0.2) is 0 Å². The Bertz CT molecular complexity index is 473. The van der Waals surface area contributed by atoms with E-state index < -0.39 is 11.5 Å².